The summed E-state index contributed by atoms with van der Waals surface area (Å²) >= 11 is 0. The average Bonchev–Trinajstić information content (AvgIpc) is 2.99. The van der Waals surface area contributed by atoms with Crippen LogP contribution in [-0.2, 0) is 0 Å². The Morgan fingerprint density at radius 3 is 0.977 bits per heavy atom. The minimum absolute atomic E-state index is 0.385. The molecule has 0 aliphatic carbocycles. The number of hydrogen-bond acceptors (Lipinski definition) is 0. The third-order valence-corrected chi connectivity index (χ3v) is 6.45. The molecule has 43 heavy (non-hydrogen) atoms. The lowest BCUT2D eigenvalue weighted by Gasteiger charge is -2.22. The van der Waals surface area contributed by atoms with Gasteiger partial charge in [-0.3, -0.25) is 0 Å². The predicted molar refractivity (Wildman–Crippen MR) is 120 cm³/mol. The zero-order valence-corrected chi connectivity index (χ0v) is 20.1. The smallest absolute Gasteiger partial charge is 0.200 e. The van der Waals surface area contributed by atoms with Crippen molar-refractivity contribution in [3.63, 3.8) is 0 Å². The highest BCUT2D eigenvalue weighted by Gasteiger charge is 2.37. The maximum Gasteiger partial charge on any atom is 0.200 e. The minimum atomic E-state index is -2.84. The molecule has 0 atom stereocenters. The second kappa shape index (κ2) is 10.2. The second-order valence-corrected chi connectivity index (χ2v) is 8.73. The van der Waals surface area contributed by atoms with Gasteiger partial charge in [0.15, 0.2) is 69.8 Å². The molecule has 5 aromatic carbocycles. The summed E-state index contributed by atoms with van der Waals surface area (Å²) in [6.45, 7) is 0. The quantitative estimate of drug-likeness (QED) is 0.106. The maximum absolute atomic E-state index is 15.2. The van der Waals surface area contributed by atoms with E-state index in [0.29, 0.717) is 6.07 Å². The molecule has 0 aliphatic heterocycles. The Labute approximate surface area is 228 Å². The molecule has 0 bridgehead atoms. The zero-order valence-electron chi connectivity index (χ0n) is 20.1. The van der Waals surface area contributed by atoms with Crippen molar-refractivity contribution in [1.29, 1.82) is 0 Å². The normalized spacial score (nSPS) is 11.6. The Kier molecular flexibility index (Phi) is 7.09. The van der Waals surface area contributed by atoms with Gasteiger partial charge in [0.25, 0.3) is 0 Å². The number of benzene rings is 5. The van der Waals surface area contributed by atoms with Gasteiger partial charge in [0.05, 0.1) is 16.7 Å². The monoisotopic (exact) mass is 626 g/mol. The van der Waals surface area contributed by atoms with E-state index >= 15 is 26.3 Å². The topological polar surface area (TPSA) is 0 Å². The first kappa shape index (κ1) is 29.8. The SMILES string of the molecule is Fc1c(F)c(F)c(-c2cc3ccccc3c(-c3c(F)c(F)c(F)c(F)c3F)c2-c2c(F)c(F)c(F)c(F)c2F)c(F)c1F. The molecule has 15 heteroatoms. The van der Waals surface area contributed by atoms with Gasteiger partial charge in [-0.15, -0.1) is 0 Å². The molecule has 0 spiro atoms. The van der Waals surface area contributed by atoms with Crippen LogP contribution in [0.1, 0.15) is 0 Å². The van der Waals surface area contributed by atoms with Crippen LogP contribution in [0, 0.1) is 87.3 Å². The molecule has 0 nitrogen and oxygen atoms in total. The lowest BCUT2D eigenvalue weighted by molar-refractivity contribution is 0.380. The van der Waals surface area contributed by atoms with Crippen molar-refractivity contribution in [2.24, 2.45) is 0 Å². The molecule has 0 unspecified atom stereocenters. The van der Waals surface area contributed by atoms with E-state index < -0.39 is 131 Å². The van der Waals surface area contributed by atoms with Crippen molar-refractivity contribution in [1.82, 2.24) is 0 Å². The first-order chi connectivity index (χ1) is 20.1. The molecule has 5 rings (SSSR count). The number of hydrogen-bond donors (Lipinski definition) is 0. The third kappa shape index (κ3) is 4.12. The van der Waals surface area contributed by atoms with E-state index in [4.69, 9.17) is 0 Å². The Morgan fingerprint density at radius 2 is 0.581 bits per heavy atom. The van der Waals surface area contributed by atoms with Crippen LogP contribution in [0.2, 0.25) is 0 Å². The molecule has 222 valence electrons. The molecule has 0 saturated carbocycles. The van der Waals surface area contributed by atoms with Gasteiger partial charge in [0.2, 0.25) is 17.5 Å². The fraction of sp³-hybridized carbons (Fsp3) is 0. The summed E-state index contributed by atoms with van der Waals surface area (Å²) in [7, 11) is 0. The van der Waals surface area contributed by atoms with E-state index in [2.05, 4.69) is 0 Å². The van der Waals surface area contributed by atoms with E-state index in [9.17, 15) is 39.5 Å². The van der Waals surface area contributed by atoms with Crippen LogP contribution in [0.5, 0.6) is 0 Å². The minimum Gasteiger partial charge on any atom is -0.203 e. The van der Waals surface area contributed by atoms with Crippen LogP contribution in [0.25, 0.3) is 44.2 Å². The van der Waals surface area contributed by atoms with E-state index in [1.54, 1.807) is 0 Å². The average molecular weight is 626 g/mol. The number of fused-ring (bicyclic) bond motifs is 1. The first-order valence-electron chi connectivity index (χ1n) is 11.2. The van der Waals surface area contributed by atoms with Gasteiger partial charge in [0.1, 0.15) is 0 Å². The van der Waals surface area contributed by atoms with E-state index in [0.717, 1.165) is 24.3 Å². The van der Waals surface area contributed by atoms with Crippen molar-refractivity contribution in [2.75, 3.05) is 0 Å². The summed E-state index contributed by atoms with van der Waals surface area (Å²) < 4.78 is 218. The molecule has 0 fully saturated rings. The summed E-state index contributed by atoms with van der Waals surface area (Å²) in [4.78, 5) is 0. The maximum atomic E-state index is 15.2. The van der Waals surface area contributed by atoms with Crippen LogP contribution < -0.4 is 0 Å². The Balaban J connectivity index is 2.21. The fourth-order valence-corrected chi connectivity index (χ4v) is 4.55. The summed E-state index contributed by atoms with van der Waals surface area (Å²) in [5.74, 6) is -41.3. The molecular weight excluding hydrogens is 621 g/mol. The molecule has 0 aliphatic rings. The number of rotatable bonds is 3. The molecule has 0 amide bonds. The van der Waals surface area contributed by atoms with Crippen molar-refractivity contribution < 1.29 is 65.9 Å². The first-order valence-corrected chi connectivity index (χ1v) is 11.2. The van der Waals surface area contributed by atoms with Gasteiger partial charge >= 0.3 is 0 Å². The van der Waals surface area contributed by atoms with E-state index in [1.807, 2.05) is 0 Å². The summed E-state index contributed by atoms with van der Waals surface area (Å²) in [6, 6.07) is 4.16. The van der Waals surface area contributed by atoms with Crippen molar-refractivity contribution in [3.8, 4) is 33.4 Å². The highest BCUT2D eigenvalue weighted by Crippen LogP contribution is 2.50. The van der Waals surface area contributed by atoms with Crippen LogP contribution in [0.15, 0.2) is 30.3 Å². The van der Waals surface area contributed by atoms with Gasteiger partial charge in [-0.2, -0.15) is 0 Å². The van der Waals surface area contributed by atoms with Crippen LogP contribution in [-0.4, -0.2) is 0 Å². The molecule has 0 heterocycles. The number of halogens is 15. The van der Waals surface area contributed by atoms with Crippen molar-refractivity contribution in [2.45, 2.75) is 0 Å². The lowest BCUT2D eigenvalue weighted by Crippen LogP contribution is -2.10. The highest BCUT2D eigenvalue weighted by molar-refractivity contribution is 6.10. The largest absolute Gasteiger partial charge is 0.203 e. The van der Waals surface area contributed by atoms with Crippen molar-refractivity contribution in [3.05, 3.63) is 118 Å². The summed E-state index contributed by atoms with van der Waals surface area (Å²) in [5, 5.41) is -1.33. The van der Waals surface area contributed by atoms with Gasteiger partial charge in [-0.25, -0.2) is 65.9 Å². The van der Waals surface area contributed by atoms with Crippen LogP contribution in [0.3, 0.4) is 0 Å². The standard InChI is InChI=1S/C28H5F15/c29-14-11(15(30)21(36)26(41)20(14)35)8-5-6-3-1-2-4-7(6)9(12-16(31)22(37)27(42)23(38)17(12)32)10(8)13-18(33)24(39)28(43)25(40)19(13)34/h1-5H. The third-order valence-electron chi connectivity index (χ3n) is 6.45. The van der Waals surface area contributed by atoms with Gasteiger partial charge < -0.3 is 0 Å². The summed E-state index contributed by atoms with van der Waals surface area (Å²) in [6.07, 6.45) is 0. The molecule has 5 aromatic rings. The fourth-order valence-electron chi connectivity index (χ4n) is 4.55. The molecular formula is C28H5F15. The summed E-state index contributed by atoms with van der Waals surface area (Å²) in [5.41, 5.74) is -11.6. The van der Waals surface area contributed by atoms with Crippen LogP contribution in [0.4, 0.5) is 65.9 Å². The Hall–Kier alpha value is -4.69. The zero-order chi connectivity index (χ0) is 31.8. The van der Waals surface area contributed by atoms with E-state index in [1.165, 1.54) is 0 Å². The second-order valence-electron chi connectivity index (χ2n) is 8.73. The molecule has 0 N–H and O–H groups in total. The molecule has 0 saturated heterocycles. The highest BCUT2D eigenvalue weighted by atomic mass is 19.2. The molecule has 0 aromatic heterocycles. The predicted octanol–water partition coefficient (Wildman–Crippen LogP) is 9.93. The Morgan fingerprint density at radius 1 is 0.279 bits per heavy atom. The van der Waals surface area contributed by atoms with Crippen molar-refractivity contribution >= 4 is 10.8 Å². The van der Waals surface area contributed by atoms with E-state index in [-0.39, 0.29) is 0 Å². The van der Waals surface area contributed by atoms with Crippen LogP contribution >= 0.6 is 0 Å². The molecule has 0 radical (unpaired) electrons. The van der Waals surface area contributed by atoms with Gasteiger partial charge in [-0.05, 0) is 22.4 Å². The lowest BCUT2D eigenvalue weighted by atomic mass is 9.82. The van der Waals surface area contributed by atoms with Gasteiger partial charge in [-0.1, -0.05) is 24.3 Å². The Bertz CT molecular complexity index is 1940. The van der Waals surface area contributed by atoms with Gasteiger partial charge in [0, 0.05) is 11.1 Å².